The molecule has 0 aliphatic heterocycles. The van der Waals surface area contributed by atoms with Crippen LogP contribution in [0.15, 0.2) is 47.2 Å². The van der Waals surface area contributed by atoms with Gasteiger partial charge in [-0.3, -0.25) is 19.3 Å². The average molecular weight is 534 g/mol. The second kappa shape index (κ2) is 9.04. The third kappa shape index (κ3) is 3.63. The summed E-state index contributed by atoms with van der Waals surface area (Å²) in [7, 11) is 3.13. The van der Waals surface area contributed by atoms with Gasteiger partial charge < -0.3 is 31.9 Å². The number of aliphatic hydroxyl groups is 3. The number of amides is 1. The van der Waals surface area contributed by atoms with Crippen LogP contribution in [0.2, 0.25) is 0 Å². The largest absolute Gasteiger partial charge is 0.508 e. The monoisotopic (exact) mass is 533 g/mol. The van der Waals surface area contributed by atoms with Crippen molar-refractivity contribution in [3.63, 3.8) is 0 Å². The highest BCUT2D eigenvalue weighted by Crippen LogP contribution is 2.54. The molecule has 8 N–H and O–H groups in total. The lowest BCUT2D eigenvalue weighted by atomic mass is 9.57. The molecule has 0 heterocycles. The molecule has 0 radical (unpaired) electrons. The summed E-state index contributed by atoms with van der Waals surface area (Å²) in [5, 5.41) is 45.3. The van der Waals surface area contributed by atoms with Crippen molar-refractivity contribution in [3.05, 3.63) is 69.5 Å². The molecule has 204 valence electrons. The van der Waals surface area contributed by atoms with Gasteiger partial charge in [0, 0.05) is 23.6 Å². The van der Waals surface area contributed by atoms with E-state index in [1.165, 1.54) is 4.90 Å². The predicted octanol–water partition coefficient (Wildman–Crippen LogP) is 1.40. The Morgan fingerprint density at radius 1 is 1.13 bits per heavy atom. The minimum absolute atomic E-state index is 0.0263. The molecule has 2 aromatic carbocycles. The fraction of sp³-hybridized carbons (Fsp3) is 0.345. The van der Waals surface area contributed by atoms with Crippen molar-refractivity contribution in [2.45, 2.75) is 38.0 Å². The van der Waals surface area contributed by atoms with Crippen LogP contribution in [0.5, 0.6) is 5.75 Å². The van der Waals surface area contributed by atoms with Crippen molar-refractivity contribution in [2.24, 2.45) is 23.3 Å². The number of carbonyl (C=O) groups excluding carboxylic acids is 3. The molecule has 0 saturated heterocycles. The van der Waals surface area contributed by atoms with E-state index in [1.807, 2.05) is 31.2 Å². The van der Waals surface area contributed by atoms with E-state index in [9.17, 15) is 34.8 Å². The minimum Gasteiger partial charge on any atom is -0.508 e. The van der Waals surface area contributed by atoms with Crippen LogP contribution in [0.3, 0.4) is 0 Å². The summed E-state index contributed by atoms with van der Waals surface area (Å²) in [6.45, 7) is 1.92. The van der Waals surface area contributed by atoms with E-state index in [-0.39, 0.29) is 36.3 Å². The second-order valence-corrected chi connectivity index (χ2v) is 10.8. The van der Waals surface area contributed by atoms with Crippen molar-refractivity contribution in [1.29, 1.82) is 0 Å². The maximum Gasteiger partial charge on any atom is 0.255 e. The topological polar surface area (TPSA) is 187 Å². The fourth-order valence-electron chi connectivity index (χ4n) is 6.51. The number of carbonyl (C=O) groups is 3. The first-order valence-corrected chi connectivity index (χ1v) is 12.6. The second-order valence-electron chi connectivity index (χ2n) is 10.8. The number of nitrogens with zero attached hydrogens (tertiary/aromatic N) is 1. The molecule has 10 heteroatoms. The number of phenols is 1. The maximum absolute atomic E-state index is 14.0. The number of ketones is 2. The van der Waals surface area contributed by atoms with Crippen molar-refractivity contribution in [3.8, 4) is 16.9 Å². The SMILES string of the molecule is Cc1ccc(-c2cc(CN)c(O)c3c2C[C@H]2C[C@H]4[C@@H](N(C)C)C(=O)C(C(N)=O)=C(O)[C@@]4(O)C(=O)C2=C3O)cc1. The summed E-state index contributed by atoms with van der Waals surface area (Å²) < 4.78 is 0. The summed E-state index contributed by atoms with van der Waals surface area (Å²) in [5.41, 5.74) is 11.1. The van der Waals surface area contributed by atoms with Crippen molar-refractivity contribution in [2.75, 3.05) is 14.1 Å². The first-order valence-electron chi connectivity index (χ1n) is 12.6. The van der Waals surface area contributed by atoms with Gasteiger partial charge >= 0.3 is 0 Å². The number of hydrogen-bond acceptors (Lipinski definition) is 9. The molecular formula is C29H31N3O7. The van der Waals surface area contributed by atoms with Crippen LogP contribution in [-0.2, 0) is 27.3 Å². The summed E-state index contributed by atoms with van der Waals surface area (Å²) in [6.07, 6.45) is 0.231. The van der Waals surface area contributed by atoms with Gasteiger partial charge in [0.25, 0.3) is 5.91 Å². The number of nitrogens with two attached hydrogens (primary N) is 2. The van der Waals surface area contributed by atoms with Gasteiger partial charge in [-0.05, 0) is 62.5 Å². The molecule has 1 saturated carbocycles. The highest BCUT2D eigenvalue weighted by atomic mass is 16.3. The molecule has 3 aliphatic rings. The maximum atomic E-state index is 14.0. The Morgan fingerprint density at radius 3 is 2.33 bits per heavy atom. The number of hydrogen-bond donors (Lipinski definition) is 6. The zero-order valence-electron chi connectivity index (χ0n) is 21.9. The first kappa shape index (κ1) is 26.6. The third-order valence-corrected chi connectivity index (χ3v) is 8.38. The first-order chi connectivity index (χ1) is 18.3. The van der Waals surface area contributed by atoms with Crippen molar-refractivity contribution >= 4 is 23.2 Å². The summed E-state index contributed by atoms with van der Waals surface area (Å²) in [5.74, 6) is -6.81. The Balaban J connectivity index is 1.77. The van der Waals surface area contributed by atoms with E-state index in [0.717, 1.165) is 16.7 Å². The Labute approximate surface area is 224 Å². The van der Waals surface area contributed by atoms with E-state index >= 15 is 0 Å². The number of phenolic OH excluding ortho intramolecular Hbond substituents is 1. The summed E-state index contributed by atoms with van der Waals surface area (Å²) in [4.78, 5) is 40.8. The molecule has 4 atom stereocenters. The predicted molar refractivity (Wildman–Crippen MR) is 142 cm³/mol. The summed E-state index contributed by atoms with van der Waals surface area (Å²) >= 11 is 0. The molecule has 0 aromatic heterocycles. The van der Waals surface area contributed by atoms with Crippen molar-refractivity contribution < 1.29 is 34.8 Å². The van der Waals surface area contributed by atoms with Gasteiger partial charge in [0.2, 0.25) is 5.78 Å². The van der Waals surface area contributed by atoms with Crippen LogP contribution in [0.1, 0.15) is 28.7 Å². The fourth-order valence-corrected chi connectivity index (χ4v) is 6.51. The number of primary amides is 1. The van der Waals surface area contributed by atoms with E-state index in [4.69, 9.17) is 11.5 Å². The minimum atomic E-state index is -2.68. The van der Waals surface area contributed by atoms with E-state index in [2.05, 4.69) is 0 Å². The normalized spacial score (nSPS) is 26.5. The van der Waals surface area contributed by atoms with Crippen LogP contribution in [0.25, 0.3) is 16.9 Å². The van der Waals surface area contributed by atoms with E-state index < -0.39 is 58.0 Å². The van der Waals surface area contributed by atoms with Gasteiger partial charge in [-0.2, -0.15) is 0 Å². The van der Waals surface area contributed by atoms with Gasteiger partial charge in [-0.25, -0.2) is 0 Å². The Kier molecular flexibility index (Phi) is 6.17. The molecule has 1 fully saturated rings. The molecule has 10 nitrogen and oxygen atoms in total. The van der Waals surface area contributed by atoms with E-state index in [1.54, 1.807) is 20.2 Å². The molecule has 3 aliphatic carbocycles. The number of rotatable bonds is 4. The lowest BCUT2D eigenvalue weighted by Crippen LogP contribution is -2.65. The number of fused-ring (bicyclic) bond motifs is 3. The Hall–Kier alpha value is -3.99. The summed E-state index contributed by atoms with van der Waals surface area (Å²) in [6, 6.07) is 8.33. The van der Waals surface area contributed by atoms with Gasteiger partial charge in [0.15, 0.2) is 11.4 Å². The standard InChI is InChI=1S/C29H31N3O7/c1-12-4-6-13(7-5-12)16-9-15(11-30)23(33)20-17(16)8-14-10-18-22(32(2)3)25(35)21(28(31)38)27(37)29(18,39)26(36)19(14)24(20)34/h4-7,9,14,18,22,33-34,37,39H,8,10-11,30H2,1-3H3,(H2,31,38)/t14-,18-,22+,29-/m0/s1. The number of benzene rings is 2. The molecule has 5 rings (SSSR count). The third-order valence-electron chi connectivity index (χ3n) is 8.38. The zero-order valence-corrected chi connectivity index (χ0v) is 21.9. The van der Waals surface area contributed by atoms with Gasteiger partial charge in [0.1, 0.15) is 22.8 Å². The quantitative estimate of drug-likeness (QED) is 0.316. The van der Waals surface area contributed by atoms with Gasteiger partial charge in [-0.1, -0.05) is 29.8 Å². The zero-order chi connectivity index (χ0) is 28.5. The molecule has 2 aromatic rings. The molecule has 39 heavy (non-hydrogen) atoms. The molecule has 0 bridgehead atoms. The number of aromatic hydroxyl groups is 1. The highest BCUT2D eigenvalue weighted by Gasteiger charge is 2.64. The van der Waals surface area contributed by atoms with Crippen LogP contribution in [0, 0.1) is 18.8 Å². The number of aliphatic hydroxyl groups excluding tert-OH is 2. The Morgan fingerprint density at radius 2 is 1.77 bits per heavy atom. The molecular weight excluding hydrogens is 502 g/mol. The number of aryl methyl sites for hydroxylation is 1. The number of Topliss-reactive ketones (excluding diaryl/α,β-unsaturated/α-hetero) is 2. The average Bonchev–Trinajstić information content (AvgIpc) is 2.86. The highest BCUT2D eigenvalue weighted by molar-refractivity contribution is 6.24. The molecule has 0 unspecified atom stereocenters. The van der Waals surface area contributed by atoms with Crippen LogP contribution in [0.4, 0.5) is 0 Å². The van der Waals surface area contributed by atoms with Crippen LogP contribution >= 0.6 is 0 Å². The Bertz CT molecular complexity index is 1510. The molecule has 1 amide bonds. The number of likely N-dealkylation sites (N-methyl/N-ethyl adjacent to an activating group) is 1. The lowest BCUT2D eigenvalue weighted by molar-refractivity contribution is -0.153. The van der Waals surface area contributed by atoms with Crippen LogP contribution in [-0.4, -0.2) is 68.5 Å². The van der Waals surface area contributed by atoms with Gasteiger partial charge in [0.05, 0.1) is 11.6 Å². The van der Waals surface area contributed by atoms with Crippen molar-refractivity contribution in [1.82, 2.24) is 4.90 Å². The molecule has 0 spiro atoms. The van der Waals surface area contributed by atoms with E-state index in [0.29, 0.717) is 11.1 Å². The lowest BCUT2D eigenvalue weighted by Gasteiger charge is -2.50. The van der Waals surface area contributed by atoms with Crippen LogP contribution < -0.4 is 11.5 Å². The smallest absolute Gasteiger partial charge is 0.255 e. The van der Waals surface area contributed by atoms with Gasteiger partial charge in [-0.15, -0.1) is 0 Å².